The first kappa shape index (κ1) is 27.8. The van der Waals surface area contributed by atoms with Crippen molar-refractivity contribution in [2.45, 2.75) is 27.7 Å². The third-order valence-corrected chi connectivity index (χ3v) is 8.56. The number of fused-ring (bicyclic) bond motifs is 7. The zero-order valence-corrected chi connectivity index (χ0v) is 25.6. The van der Waals surface area contributed by atoms with E-state index in [0.29, 0.717) is 11.0 Å². The first-order valence-electron chi connectivity index (χ1n) is 14.8. The number of hydrogen-bond donors (Lipinski definition) is 2. The van der Waals surface area contributed by atoms with Gasteiger partial charge < -0.3 is 15.9 Å². The second-order valence-corrected chi connectivity index (χ2v) is 11.7. The Labute approximate surface area is 261 Å². The van der Waals surface area contributed by atoms with E-state index in [1.54, 1.807) is 0 Å². The van der Waals surface area contributed by atoms with Crippen molar-refractivity contribution in [1.29, 1.82) is 0 Å². The highest BCUT2D eigenvalue weighted by atomic mass is 16.4. The average molecular weight is 583 g/mol. The van der Waals surface area contributed by atoms with Gasteiger partial charge in [0.15, 0.2) is 0 Å². The minimum Gasteiger partial charge on any atom is -0.422 e. The van der Waals surface area contributed by atoms with Crippen molar-refractivity contribution in [3.05, 3.63) is 140 Å². The van der Waals surface area contributed by atoms with Crippen LogP contribution in [0.15, 0.2) is 94.1 Å². The molecular formula is C41H30N2O2. The summed E-state index contributed by atoms with van der Waals surface area (Å²) in [6, 6.07) is 28.0. The van der Waals surface area contributed by atoms with Gasteiger partial charge in [-0.25, -0.2) is 4.79 Å². The Balaban J connectivity index is 1.36. The summed E-state index contributed by atoms with van der Waals surface area (Å²) in [5.74, 6) is 13.2. The van der Waals surface area contributed by atoms with Crippen LogP contribution in [0.5, 0.6) is 0 Å². The molecule has 0 amide bonds. The van der Waals surface area contributed by atoms with Crippen molar-refractivity contribution in [2.75, 3.05) is 11.5 Å². The van der Waals surface area contributed by atoms with E-state index in [-0.39, 0.29) is 5.63 Å². The molecule has 0 atom stereocenters. The van der Waals surface area contributed by atoms with Gasteiger partial charge in [-0.1, -0.05) is 47.9 Å². The number of nitrogen functional groups attached to an aromatic ring is 2. The van der Waals surface area contributed by atoms with Gasteiger partial charge in [0.25, 0.3) is 0 Å². The lowest BCUT2D eigenvalue weighted by Gasteiger charge is -2.10. The van der Waals surface area contributed by atoms with Crippen molar-refractivity contribution in [3.8, 4) is 23.7 Å². The summed E-state index contributed by atoms with van der Waals surface area (Å²) < 4.78 is 5.81. The molecule has 216 valence electrons. The van der Waals surface area contributed by atoms with E-state index >= 15 is 0 Å². The highest BCUT2D eigenvalue weighted by Crippen LogP contribution is 2.35. The maximum Gasteiger partial charge on any atom is 0.344 e. The fourth-order valence-corrected chi connectivity index (χ4v) is 6.11. The van der Waals surface area contributed by atoms with Crippen LogP contribution in [0, 0.1) is 51.4 Å². The lowest BCUT2D eigenvalue weighted by Crippen LogP contribution is -2.00. The molecule has 4 nitrogen and oxygen atoms in total. The third kappa shape index (κ3) is 4.93. The van der Waals surface area contributed by atoms with E-state index in [9.17, 15) is 4.79 Å². The first-order valence-corrected chi connectivity index (χ1v) is 14.8. The largest absolute Gasteiger partial charge is 0.422 e. The molecule has 0 aliphatic rings. The Morgan fingerprint density at radius 3 is 1.42 bits per heavy atom. The second-order valence-electron chi connectivity index (χ2n) is 11.7. The van der Waals surface area contributed by atoms with Crippen molar-refractivity contribution in [2.24, 2.45) is 0 Å². The third-order valence-electron chi connectivity index (χ3n) is 8.56. The van der Waals surface area contributed by atoms with Crippen LogP contribution in [0.3, 0.4) is 0 Å². The Kier molecular flexibility index (Phi) is 6.58. The molecule has 0 bridgehead atoms. The lowest BCUT2D eigenvalue weighted by molar-refractivity contribution is 0.570. The standard InChI is InChI=1S/C41H30N2O2/c1-23-17-29(18-24(2)39(23)42)7-5-27-9-13-33-31(21-27)11-15-35-37(33)38-34-14-10-28(22-32(34)12-16-36(38)45-41(35)44)6-8-30-19-25(3)40(43)26(4)20-30/h9-22H,42-43H2,1-4H3. The van der Waals surface area contributed by atoms with E-state index in [0.717, 1.165) is 88.2 Å². The van der Waals surface area contributed by atoms with Gasteiger partial charge in [0.05, 0.1) is 5.39 Å². The summed E-state index contributed by atoms with van der Waals surface area (Å²) in [4.78, 5) is 13.1. The summed E-state index contributed by atoms with van der Waals surface area (Å²) in [5, 5.41) is 6.32. The number of aryl methyl sites for hydroxylation is 4. The molecule has 45 heavy (non-hydrogen) atoms. The summed E-state index contributed by atoms with van der Waals surface area (Å²) in [6.45, 7) is 7.99. The van der Waals surface area contributed by atoms with Gasteiger partial charge in [0.1, 0.15) is 5.58 Å². The summed E-state index contributed by atoms with van der Waals surface area (Å²) in [5.41, 5.74) is 21.8. The number of hydrogen-bond acceptors (Lipinski definition) is 4. The van der Waals surface area contributed by atoms with Gasteiger partial charge in [-0.15, -0.1) is 0 Å². The van der Waals surface area contributed by atoms with Crippen molar-refractivity contribution in [1.82, 2.24) is 0 Å². The van der Waals surface area contributed by atoms with Crippen LogP contribution in [0.4, 0.5) is 11.4 Å². The monoisotopic (exact) mass is 582 g/mol. The summed E-state index contributed by atoms with van der Waals surface area (Å²) in [6.07, 6.45) is 0. The molecule has 1 aromatic heterocycles. The molecule has 0 radical (unpaired) electrons. The van der Waals surface area contributed by atoms with Crippen LogP contribution in [-0.2, 0) is 0 Å². The van der Waals surface area contributed by atoms with Gasteiger partial charge in [-0.3, -0.25) is 0 Å². The Morgan fingerprint density at radius 1 is 0.489 bits per heavy atom. The molecule has 0 saturated carbocycles. The number of rotatable bonds is 0. The first-order chi connectivity index (χ1) is 21.7. The van der Waals surface area contributed by atoms with Crippen LogP contribution < -0.4 is 17.1 Å². The minimum absolute atomic E-state index is 0.353. The van der Waals surface area contributed by atoms with Crippen LogP contribution in [0.25, 0.3) is 43.3 Å². The fraction of sp³-hybridized carbons (Fsp3) is 0.0976. The number of benzene rings is 6. The fourth-order valence-electron chi connectivity index (χ4n) is 6.11. The lowest BCUT2D eigenvalue weighted by atomic mass is 9.95. The Bertz CT molecular complexity index is 2540. The van der Waals surface area contributed by atoms with Crippen molar-refractivity contribution < 1.29 is 4.42 Å². The van der Waals surface area contributed by atoms with Gasteiger partial charge in [0.2, 0.25) is 0 Å². The molecule has 0 fully saturated rings. The van der Waals surface area contributed by atoms with Gasteiger partial charge in [-0.05, 0) is 132 Å². The SMILES string of the molecule is Cc1cc(C#Cc2ccc3c(ccc4oc(=O)c5ccc6cc(C#Cc7cc(C)c(N)c(C)c7)ccc6c5c43)c2)cc(C)c1N. The van der Waals surface area contributed by atoms with Crippen LogP contribution in [0.1, 0.15) is 44.5 Å². The maximum atomic E-state index is 13.1. The quantitative estimate of drug-likeness (QED) is 0.0814. The van der Waals surface area contributed by atoms with E-state index in [2.05, 4.69) is 47.9 Å². The van der Waals surface area contributed by atoms with Crippen LogP contribution in [0.2, 0.25) is 0 Å². The molecule has 4 N–H and O–H groups in total. The molecule has 7 aromatic rings. The molecule has 7 rings (SSSR count). The molecule has 4 heteroatoms. The highest BCUT2D eigenvalue weighted by Gasteiger charge is 2.14. The van der Waals surface area contributed by atoms with E-state index in [1.807, 2.05) is 88.4 Å². The van der Waals surface area contributed by atoms with Crippen LogP contribution >= 0.6 is 0 Å². The molecule has 0 aliphatic heterocycles. The van der Waals surface area contributed by atoms with Gasteiger partial charge in [0, 0.05) is 44.4 Å². The van der Waals surface area contributed by atoms with E-state index in [1.165, 1.54) is 0 Å². The molecule has 0 aliphatic carbocycles. The highest BCUT2D eigenvalue weighted by molar-refractivity contribution is 6.26. The maximum absolute atomic E-state index is 13.1. The topological polar surface area (TPSA) is 82.2 Å². The summed E-state index contributed by atoms with van der Waals surface area (Å²) >= 11 is 0. The average Bonchev–Trinajstić information content (AvgIpc) is 3.03. The zero-order chi connectivity index (χ0) is 31.4. The van der Waals surface area contributed by atoms with Crippen molar-refractivity contribution >= 4 is 54.7 Å². The Morgan fingerprint density at radius 2 is 0.911 bits per heavy atom. The molecule has 0 saturated heterocycles. The minimum atomic E-state index is -0.353. The smallest absolute Gasteiger partial charge is 0.344 e. The molecular weight excluding hydrogens is 552 g/mol. The van der Waals surface area contributed by atoms with Crippen molar-refractivity contribution in [3.63, 3.8) is 0 Å². The van der Waals surface area contributed by atoms with Crippen LogP contribution in [-0.4, -0.2) is 0 Å². The van der Waals surface area contributed by atoms with Gasteiger partial charge >= 0.3 is 5.63 Å². The van der Waals surface area contributed by atoms with E-state index < -0.39 is 0 Å². The Hall–Kier alpha value is -5.97. The van der Waals surface area contributed by atoms with Gasteiger partial charge in [-0.2, -0.15) is 0 Å². The number of nitrogens with two attached hydrogens (primary N) is 2. The normalized spacial score (nSPS) is 11.0. The van der Waals surface area contributed by atoms with E-state index in [4.69, 9.17) is 15.9 Å². The second kappa shape index (κ2) is 10.6. The molecule has 6 aromatic carbocycles. The molecule has 0 unspecified atom stereocenters. The number of anilines is 2. The predicted octanol–water partition coefficient (Wildman–Crippen LogP) is 8.45. The summed E-state index contributed by atoms with van der Waals surface area (Å²) in [7, 11) is 0. The molecule has 1 heterocycles. The zero-order valence-electron chi connectivity index (χ0n) is 25.6. The predicted molar refractivity (Wildman–Crippen MR) is 188 cm³/mol. The molecule has 0 spiro atoms.